The van der Waals surface area contributed by atoms with E-state index in [1.165, 1.54) is 23.1 Å². The van der Waals surface area contributed by atoms with Crippen LogP contribution in [0.15, 0.2) is 59.8 Å². The molecule has 2 heterocycles. The number of esters is 1. The highest BCUT2D eigenvalue weighted by Gasteiger charge is 2.43. The summed E-state index contributed by atoms with van der Waals surface area (Å²) in [6.07, 6.45) is 0.0881. The van der Waals surface area contributed by atoms with E-state index in [9.17, 15) is 14.0 Å². The number of benzene rings is 2. The summed E-state index contributed by atoms with van der Waals surface area (Å²) in [5, 5.41) is 0.533. The Balaban J connectivity index is 1.84. The minimum absolute atomic E-state index is 0.00646. The second-order valence-electron chi connectivity index (χ2n) is 5.96. The lowest BCUT2D eigenvalue weighted by molar-refractivity contribution is -0.136. The highest BCUT2D eigenvalue weighted by Crippen LogP contribution is 2.42. The lowest BCUT2D eigenvalue weighted by Crippen LogP contribution is -2.37. The SMILES string of the molecule is O=C1OCC2=C1[C@@H](c1cccc(Cl)c1)CC(=O)N2c1cccc(F)c1. The molecule has 4 nitrogen and oxygen atoms in total. The molecule has 0 unspecified atom stereocenters. The molecule has 126 valence electrons. The molecule has 0 aromatic heterocycles. The number of cyclic esters (lactones) is 1. The van der Waals surface area contributed by atoms with Gasteiger partial charge >= 0.3 is 5.97 Å². The topological polar surface area (TPSA) is 46.6 Å². The Morgan fingerprint density at radius 3 is 2.68 bits per heavy atom. The van der Waals surface area contributed by atoms with Gasteiger partial charge in [0.1, 0.15) is 12.4 Å². The van der Waals surface area contributed by atoms with Crippen molar-refractivity contribution >= 4 is 29.2 Å². The Hall–Kier alpha value is -2.66. The molecule has 6 heteroatoms. The number of halogens is 2. The van der Waals surface area contributed by atoms with Crippen molar-refractivity contribution in [1.29, 1.82) is 0 Å². The molecule has 0 bridgehead atoms. The first-order chi connectivity index (χ1) is 12.0. The molecule has 1 atom stereocenters. The smallest absolute Gasteiger partial charge is 0.336 e. The Bertz CT molecular complexity index is 924. The van der Waals surface area contributed by atoms with Crippen LogP contribution >= 0.6 is 11.6 Å². The molecule has 2 aliphatic heterocycles. The second-order valence-corrected chi connectivity index (χ2v) is 6.39. The van der Waals surface area contributed by atoms with E-state index in [1.807, 2.05) is 6.07 Å². The van der Waals surface area contributed by atoms with Crippen LogP contribution in [0.3, 0.4) is 0 Å². The van der Waals surface area contributed by atoms with Gasteiger partial charge in [-0.2, -0.15) is 0 Å². The van der Waals surface area contributed by atoms with Gasteiger partial charge in [-0.1, -0.05) is 29.8 Å². The van der Waals surface area contributed by atoms with Crippen molar-refractivity contribution in [3.63, 3.8) is 0 Å². The Labute approximate surface area is 148 Å². The second kappa shape index (κ2) is 6.01. The summed E-state index contributed by atoms with van der Waals surface area (Å²) in [7, 11) is 0. The number of amides is 1. The number of ether oxygens (including phenoxy) is 1. The van der Waals surface area contributed by atoms with Crippen LogP contribution in [0.5, 0.6) is 0 Å². The van der Waals surface area contributed by atoms with E-state index in [0.717, 1.165) is 5.56 Å². The van der Waals surface area contributed by atoms with Gasteiger partial charge in [-0.3, -0.25) is 9.69 Å². The predicted molar refractivity (Wildman–Crippen MR) is 90.7 cm³/mol. The van der Waals surface area contributed by atoms with Crippen LogP contribution in [0.2, 0.25) is 5.02 Å². The third kappa shape index (κ3) is 2.70. The summed E-state index contributed by atoms with van der Waals surface area (Å²) in [5.74, 6) is -1.53. The molecular weight excluding hydrogens is 345 g/mol. The minimum atomic E-state index is -0.450. The standard InChI is InChI=1S/C19H13ClFNO3/c20-12-4-1-3-11(7-12)15-9-17(23)22(14-6-2-5-13(21)8-14)16-10-25-19(24)18(15)16/h1-8,15H,9-10H2/t15-/m1/s1. The summed E-state index contributed by atoms with van der Waals surface area (Å²) in [6.45, 7) is -0.00646. The molecule has 2 aliphatic rings. The summed E-state index contributed by atoms with van der Waals surface area (Å²) in [6, 6.07) is 12.8. The molecule has 2 aromatic rings. The molecule has 0 spiro atoms. The van der Waals surface area contributed by atoms with Crippen LogP contribution in [-0.2, 0) is 14.3 Å². The van der Waals surface area contributed by atoms with Gasteiger partial charge in [0, 0.05) is 17.4 Å². The van der Waals surface area contributed by atoms with E-state index < -0.39 is 17.7 Å². The number of carbonyl (C=O) groups excluding carboxylic acids is 2. The van der Waals surface area contributed by atoms with E-state index in [-0.39, 0.29) is 18.9 Å². The fourth-order valence-corrected chi connectivity index (χ4v) is 3.58. The lowest BCUT2D eigenvalue weighted by Gasteiger charge is -2.31. The van der Waals surface area contributed by atoms with E-state index in [2.05, 4.69) is 0 Å². The Morgan fingerprint density at radius 2 is 1.92 bits per heavy atom. The number of hydrogen-bond acceptors (Lipinski definition) is 3. The van der Waals surface area contributed by atoms with Crippen LogP contribution in [0.1, 0.15) is 17.9 Å². The largest absolute Gasteiger partial charge is 0.456 e. The zero-order valence-electron chi connectivity index (χ0n) is 13.0. The maximum Gasteiger partial charge on any atom is 0.336 e. The molecule has 0 saturated carbocycles. The van der Waals surface area contributed by atoms with Gasteiger partial charge in [-0.05, 0) is 35.9 Å². The van der Waals surface area contributed by atoms with Gasteiger partial charge in [-0.15, -0.1) is 0 Å². The van der Waals surface area contributed by atoms with Crippen molar-refractivity contribution in [2.24, 2.45) is 0 Å². The van der Waals surface area contributed by atoms with Crippen molar-refractivity contribution in [1.82, 2.24) is 0 Å². The fraction of sp³-hybridized carbons (Fsp3) is 0.158. The summed E-state index contributed by atoms with van der Waals surface area (Å²) in [5.41, 5.74) is 2.08. The molecule has 4 rings (SSSR count). The van der Waals surface area contributed by atoms with Crippen molar-refractivity contribution in [3.8, 4) is 0 Å². The first kappa shape index (κ1) is 15.8. The highest BCUT2D eigenvalue weighted by molar-refractivity contribution is 6.30. The molecule has 25 heavy (non-hydrogen) atoms. The quantitative estimate of drug-likeness (QED) is 0.768. The van der Waals surface area contributed by atoms with Crippen molar-refractivity contribution in [2.45, 2.75) is 12.3 Å². The van der Waals surface area contributed by atoms with E-state index in [4.69, 9.17) is 16.3 Å². The summed E-state index contributed by atoms with van der Waals surface area (Å²) >= 11 is 6.05. The van der Waals surface area contributed by atoms with Crippen molar-refractivity contribution < 1.29 is 18.7 Å². The van der Waals surface area contributed by atoms with Gasteiger partial charge < -0.3 is 4.74 Å². The minimum Gasteiger partial charge on any atom is -0.456 e. The zero-order chi connectivity index (χ0) is 17.6. The first-order valence-corrected chi connectivity index (χ1v) is 8.16. The zero-order valence-corrected chi connectivity index (χ0v) is 13.8. The van der Waals surface area contributed by atoms with E-state index >= 15 is 0 Å². The number of carbonyl (C=O) groups is 2. The Morgan fingerprint density at radius 1 is 1.12 bits per heavy atom. The average Bonchev–Trinajstić information content (AvgIpc) is 2.96. The normalized spacial score (nSPS) is 19.9. The van der Waals surface area contributed by atoms with Crippen LogP contribution in [0.4, 0.5) is 10.1 Å². The molecule has 0 saturated heterocycles. The van der Waals surface area contributed by atoms with Gasteiger partial charge in [0.2, 0.25) is 5.91 Å². The van der Waals surface area contributed by atoms with Crippen molar-refractivity contribution in [3.05, 3.63) is 76.2 Å². The van der Waals surface area contributed by atoms with Crippen LogP contribution in [-0.4, -0.2) is 18.5 Å². The maximum atomic E-state index is 13.6. The van der Waals surface area contributed by atoms with Crippen molar-refractivity contribution in [2.75, 3.05) is 11.5 Å². The summed E-state index contributed by atoms with van der Waals surface area (Å²) < 4.78 is 18.8. The number of anilines is 1. The molecule has 0 aliphatic carbocycles. The van der Waals surface area contributed by atoms with Crippen LogP contribution in [0.25, 0.3) is 0 Å². The van der Waals surface area contributed by atoms with Gasteiger partial charge in [0.15, 0.2) is 0 Å². The highest BCUT2D eigenvalue weighted by atomic mass is 35.5. The fourth-order valence-electron chi connectivity index (χ4n) is 3.38. The van der Waals surface area contributed by atoms with Gasteiger partial charge in [0.25, 0.3) is 0 Å². The summed E-state index contributed by atoms with van der Waals surface area (Å²) in [4.78, 5) is 26.5. The molecule has 0 radical (unpaired) electrons. The number of hydrogen-bond donors (Lipinski definition) is 0. The van der Waals surface area contributed by atoms with E-state index in [0.29, 0.717) is 22.0 Å². The first-order valence-electron chi connectivity index (χ1n) is 7.79. The number of nitrogens with zero attached hydrogens (tertiary/aromatic N) is 1. The van der Waals surface area contributed by atoms with Crippen LogP contribution in [0, 0.1) is 5.82 Å². The van der Waals surface area contributed by atoms with Gasteiger partial charge in [0.05, 0.1) is 17.0 Å². The molecular formula is C19H13ClFNO3. The average molecular weight is 358 g/mol. The third-order valence-corrected chi connectivity index (χ3v) is 4.67. The molecule has 0 fully saturated rings. The maximum absolute atomic E-state index is 13.6. The monoisotopic (exact) mass is 357 g/mol. The molecule has 1 amide bonds. The lowest BCUT2D eigenvalue weighted by atomic mass is 9.84. The van der Waals surface area contributed by atoms with Gasteiger partial charge in [-0.25, -0.2) is 9.18 Å². The molecule has 0 N–H and O–H groups in total. The third-order valence-electron chi connectivity index (χ3n) is 4.43. The molecule has 2 aromatic carbocycles. The van der Waals surface area contributed by atoms with Crippen LogP contribution < -0.4 is 4.90 Å². The Kier molecular flexibility index (Phi) is 3.81. The van der Waals surface area contributed by atoms with E-state index in [1.54, 1.807) is 24.3 Å². The number of rotatable bonds is 2. The predicted octanol–water partition coefficient (Wildman–Crippen LogP) is 3.81.